The summed E-state index contributed by atoms with van der Waals surface area (Å²) in [6, 6.07) is -7.49. The summed E-state index contributed by atoms with van der Waals surface area (Å²) < 4.78 is 12.0. The van der Waals surface area contributed by atoms with Crippen LogP contribution in [0, 0.1) is 44.4 Å². The van der Waals surface area contributed by atoms with E-state index in [4.69, 9.17) is 19.4 Å². The maximum absolute atomic E-state index is 15.3. The summed E-state index contributed by atoms with van der Waals surface area (Å²) in [7, 11) is 5.65. The van der Waals surface area contributed by atoms with E-state index in [0.717, 1.165) is 9.80 Å². The van der Waals surface area contributed by atoms with Crippen LogP contribution in [0.15, 0.2) is 12.1 Å². The Hall–Kier alpha value is -8.52. The molecule has 10 atom stereocenters. The Bertz CT molecular complexity index is 3400. The van der Waals surface area contributed by atoms with Crippen LogP contribution < -0.4 is 21.3 Å². The molecule has 3 aromatic rings. The van der Waals surface area contributed by atoms with Crippen molar-refractivity contribution >= 4 is 93.1 Å². The van der Waals surface area contributed by atoms with E-state index < -0.39 is 168 Å². The van der Waals surface area contributed by atoms with Crippen molar-refractivity contribution in [1.29, 1.82) is 0 Å². The number of phenolic OH excluding ortho intramolecular Hbond substituents is 1. The lowest BCUT2D eigenvalue weighted by Crippen LogP contribution is -2.61. The highest BCUT2D eigenvalue weighted by atomic mass is 16.6. The molecule has 4 fully saturated rings. The van der Waals surface area contributed by atoms with Gasteiger partial charge in [-0.2, -0.15) is 0 Å². The highest BCUT2D eigenvalue weighted by Crippen LogP contribution is 2.36. The summed E-state index contributed by atoms with van der Waals surface area (Å²) in [6.45, 7) is 20.3. The first-order valence-electron chi connectivity index (χ1n) is 30.8. The number of fused-ring (bicyclic) bond motifs is 4. The lowest BCUT2D eigenvalue weighted by Gasteiger charge is -2.36. The molecule has 4 aliphatic rings. The number of carbonyl (C=O) groups excluding carboxylic acids is 12. The van der Waals surface area contributed by atoms with Gasteiger partial charge in [0.1, 0.15) is 77.3 Å². The molecule has 90 heavy (non-hydrogen) atoms. The van der Waals surface area contributed by atoms with E-state index in [1.54, 1.807) is 68.4 Å². The Morgan fingerprint density at radius 2 is 0.967 bits per heavy atom. The predicted octanol–water partition coefficient (Wildman–Crippen LogP) is 1.65. The number of esters is 2. The number of nitrogens with zero attached hydrogens (tertiary/aromatic N) is 8. The lowest BCUT2D eigenvalue weighted by molar-refractivity contribution is -0.163. The van der Waals surface area contributed by atoms with Crippen molar-refractivity contribution in [3.05, 3.63) is 39.9 Å². The molecule has 5 N–H and O–H groups in total. The van der Waals surface area contributed by atoms with Crippen LogP contribution in [0.3, 0.4) is 0 Å². The van der Waals surface area contributed by atoms with Crippen molar-refractivity contribution in [2.75, 3.05) is 54.4 Å². The fourth-order valence-corrected chi connectivity index (χ4v) is 12.5. The fourth-order valence-electron chi connectivity index (χ4n) is 12.5. The van der Waals surface area contributed by atoms with Crippen molar-refractivity contribution in [3.8, 4) is 5.75 Å². The Morgan fingerprint density at radius 1 is 0.556 bits per heavy atom. The van der Waals surface area contributed by atoms with Crippen molar-refractivity contribution in [1.82, 2.24) is 60.6 Å². The number of likely N-dealkylation sites (N-methyl/N-ethyl adjacent to an activating group) is 4. The molecule has 2 aromatic carbocycles. The quantitative estimate of drug-likeness (QED) is 0.158. The Balaban J connectivity index is 1.32. The number of amides is 10. The molecule has 4 saturated heterocycles. The number of aromatic hydroxyl groups is 1. The highest BCUT2D eigenvalue weighted by Gasteiger charge is 2.46. The van der Waals surface area contributed by atoms with Gasteiger partial charge in [0, 0.05) is 52.4 Å². The number of nitrogens with one attached hydrogen (secondary N) is 4. The topological polar surface area (TPSA) is 337 Å². The molecule has 4 aliphatic heterocycles. The largest absolute Gasteiger partial charge is 0.507 e. The number of benzene rings is 2. The van der Waals surface area contributed by atoms with Crippen LogP contribution in [-0.2, 0) is 57.4 Å². The monoisotopic (exact) mass is 1250 g/mol. The van der Waals surface area contributed by atoms with Gasteiger partial charge in [0.2, 0.25) is 47.3 Å². The minimum absolute atomic E-state index is 0.00442. The number of phenols is 1. The molecule has 7 rings (SSSR count). The van der Waals surface area contributed by atoms with E-state index >= 15 is 9.59 Å². The first-order valence-corrected chi connectivity index (χ1v) is 30.8. The van der Waals surface area contributed by atoms with E-state index in [1.165, 1.54) is 81.6 Å². The number of ether oxygens (including phenoxy) is 2. The summed E-state index contributed by atoms with van der Waals surface area (Å²) in [5, 5.41) is 22.7. The Labute approximate surface area is 524 Å². The van der Waals surface area contributed by atoms with Crippen molar-refractivity contribution in [2.45, 2.75) is 176 Å². The van der Waals surface area contributed by atoms with E-state index in [0.29, 0.717) is 24.8 Å². The van der Waals surface area contributed by atoms with Gasteiger partial charge in [0.15, 0.2) is 0 Å². The average Bonchev–Trinajstić information content (AvgIpc) is 0.865. The molecule has 0 spiro atoms. The summed E-state index contributed by atoms with van der Waals surface area (Å²) >= 11 is 0. The molecule has 1 aromatic heterocycles. The highest BCUT2D eigenvalue weighted by molar-refractivity contribution is 6.13. The summed E-state index contributed by atoms with van der Waals surface area (Å²) in [6.07, 6.45) is -1.49. The molecule has 0 saturated carbocycles. The molecule has 5 heterocycles. The minimum atomic E-state index is -1.80. The van der Waals surface area contributed by atoms with Gasteiger partial charge < -0.3 is 65.2 Å². The molecule has 0 aliphatic carbocycles. The molecular formula is C63H88N12O15. The van der Waals surface area contributed by atoms with Crippen molar-refractivity contribution < 1.29 is 72.1 Å². The average molecular weight is 1250 g/mol. The molecule has 10 amide bonds. The molecule has 0 radical (unpaired) electrons. The molecule has 27 heteroatoms. The van der Waals surface area contributed by atoms with Gasteiger partial charge in [-0.15, -0.1) is 0 Å². The van der Waals surface area contributed by atoms with Crippen LogP contribution in [-0.4, -0.2) is 230 Å². The minimum Gasteiger partial charge on any atom is -0.507 e. The van der Waals surface area contributed by atoms with Crippen LogP contribution in [0.1, 0.15) is 132 Å². The zero-order valence-corrected chi connectivity index (χ0v) is 54.6. The summed E-state index contributed by atoms with van der Waals surface area (Å²) in [5.74, 6) is -11.9. The standard InChI is InChI=1S/C63H88N12O15/c1-28(2)43-60(85)74-24-18-20-38(74)58(83)70(14)26-40(76)72(16)51(30(5)6)62(87)89-35(12)47(56(81)66-43)68-54(79)37-23-22-32(9)45-49(37)65-50-42(33(10)53(78)34(11)46(50)64-45)55(80)69-48-36(13)90-63(88)52(31(7)8)73(17)41(77)27-71(15)59(84)39-21-19-25-75(39)61(86)44(29(3)4)67-57(48)82/h22-23,28-31,35-36,38-39,43-44,47-48,51-52,78H,18-21,24-27H2,1-17H3,(H,66,81)(H,67,82)(H,68,79)(H,69,80)/t35-,36-,38+,39+,43-,44-,47+,48+,51+,52+/m1/s1. The number of aryl methyl sites for hydroxylation is 2. The number of carbonyl (C=O) groups is 12. The summed E-state index contributed by atoms with van der Waals surface area (Å²) in [5.41, 5.74) is -0.131. The van der Waals surface area contributed by atoms with Gasteiger partial charge in [-0.3, -0.25) is 47.9 Å². The van der Waals surface area contributed by atoms with Gasteiger partial charge in [-0.25, -0.2) is 19.6 Å². The number of hydrogen-bond donors (Lipinski definition) is 5. The van der Waals surface area contributed by atoms with Gasteiger partial charge in [-0.1, -0.05) is 61.5 Å². The van der Waals surface area contributed by atoms with E-state index in [9.17, 15) is 53.1 Å². The van der Waals surface area contributed by atoms with Gasteiger partial charge in [0.05, 0.1) is 35.2 Å². The third-order valence-corrected chi connectivity index (χ3v) is 17.8. The SMILES string of the molecule is Cc1c(O)c(C)c2nc3c(C)ccc(C(=O)N[C@@H]4C(=O)N[C@H](C(C)C)C(=O)N5CCC[C@H]5C(=O)N(C)CC(=O)N(C)[C@@H](C(C)C)C(=O)O[C@@H]4C)c3nc2c1C(=O)N[C@@H]1C(=O)N[C@H](C(C)C)C(=O)N2CCC[C@H]2C(=O)N(C)CC(=O)N(C)[C@@H](C(C)C)C(=O)O[C@@H]1C. The number of cyclic esters (lactones) is 2. The zero-order valence-electron chi connectivity index (χ0n) is 54.6. The van der Waals surface area contributed by atoms with Gasteiger partial charge >= 0.3 is 11.9 Å². The van der Waals surface area contributed by atoms with Crippen LogP contribution in [0.2, 0.25) is 0 Å². The third-order valence-electron chi connectivity index (χ3n) is 17.8. The molecule has 27 nitrogen and oxygen atoms in total. The number of rotatable bonds is 8. The van der Waals surface area contributed by atoms with E-state index in [-0.39, 0.29) is 69.6 Å². The lowest BCUT2D eigenvalue weighted by atomic mass is 9.97. The van der Waals surface area contributed by atoms with Crippen LogP contribution in [0.25, 0.3) is 22.1 Å². The Morgan fingerprint density at radius 3 is 1.38 bits per heavy atom. The maximum Gasteiger partial charge on any atom is 0.329 e. The maximum atomic E-state index is 15.3. The smallest absolute Gasteiger partial charge is 0.329 e. The van der Waals surface area contributed by atoms with Crippen LogP contribution in [0.5, 0.6) is 5.75 Å². The second kappa shape index (κ2) is 27.7. The Kier molecular flexibility index (Phi) is 21.2. The summed E-state index contributed by atoms with van der Waals surface area (Å²) in [4.78, 5) is 191. The van der Waals surface area contributed by atoms with E-state index in [1.807, 2.05) is 0 Å². The second-order valence-corrected chi connectivity index (χ2v) is 25.8. The fraction of sp³-hybridized carbons (Fsp3) is 0.619. The molecular weight excluding hydrogens is 1160 g/mol. The van der Waals surface area contributed by atoms with Crippen molar-refractivity contribution in [2.24, 2.45) is 23.7 Å². The first kappa shape index (κ1) is 69.0. The van der Waals surface area contributed by atoms with Gasteiger partial charge in [-0.05, 0) is 95.6 Å². The third kappa shape index (κ3) is 13.8. The number of aromatic nitrogens is 2. The van der Waals surface area contributed by atoms with Gasteiger partial charge in [0.25, 0.3) is 11.8 Å². The normalized spacial score (nSPS) is 26.2. The van der Waals surface area contributed by atoms with Crippen LogP contribution >= 0.6 is 0 Å². The number of hydrogen-bond acceptors (Lipinski definition) is 17. The van der Waals surface area contributed by atoms with Crippen molar-refractivity contribution in [3.63, 3.8) is 0 Å². The molecule has 0 bridgehead atoms. The van der Waals surface area contributed by atoms with E-state index in [2.05, 4.69) is 21.3 Å². The van der Waals surface area contributed by atoms with Crippen LogP contribution in [0.4, 0.5) is 0 Å². The molecule has 0 unspecified atom stereocenters. The predicted molar refractivity (Wildman–Crippen MR) is 328 cm³/mol. The molecule has 490 valence electrons. The zero-order chi connectivity index (χ0) is 67.0. The first-order chi connectivity index (χ1) is 42.1. The second-order valence-electron chi connectivity index (χ2n) is 25.8.